The summed E-state index contributed by atoms with van der Waals surface area (Å²) in [5.74, 6) is 3.60. The molecule has 1 unspecified atom stereocenters. The van der Waals surface area contributed by atoms with Gasteiger partial charge in [-0.1, -0.05) is 48.2 Å². The second kappa shape index (κ2) is 8.65. The summed E-state index contributed by atoms with van der Waals surface area (Å²) in [5.41, 5.74) is 0.887. The largest absolute Gasteiger partial charge is 0.485 e. The Balaban J connectivity index is 1.32. The third-order valence-corrected chi connectivity index (χ3v) is 5.62. The van der Waals surface area contributed by atoms with Crippen molar-refractivity contribution in [3.8, 4) is 23.0 Å². The van der Waals surface area contributed by atoms with Gasteiger partial charge in [-0.3, -0.25) is 4.57 Å². The highest BCUT2D eigenvalue weighted by atomic mass is 32.2. The number of benzene rings is 2. The van der Waals surface area contributed by atoms with Crippen LogP contribution >= 0.6 is 11.8 Å². The van der Waals surface area contributed by atoms with Gasteiger partial charge >= 0.3 is 0 Å². The summed E-state index contributed by atoms with van der Waals surface area (Å²) in [6, 6.07) is 17.3. The second-order valence-corrected chi connectivity index (χ2v) is 7.70. The normalized spacial score (nSPS) is 15.0. The first-order valence-corrected chi connectivity index (χ1v) is 10.7. The molecular weight excluding hydrogens is 414 g/mol. The lowest BCUT2D eigenvalue weighted by Crippen LogP contribution is -2.25. The van der Waals surface area contributed by atoms with E-state index in [1.165, 1.54) is 11.8 Å². The van der Waals surface area contributed by atoms with Crippen LogP contribution in [0.25, 0.3) is 11.5 Å². The van der Waals surface area contributed by atoms with Crippen molar-refractivity contribution in [2.24, 2.45) is 0 Å². The van der Waals surface area contributed by atoms with Crippen LogP contribution in [0.5, 0.6) is 11.5 Å². The maximum Gasteiger partial charge on any atom is 0.247 e. The fourth-order valence-corrected chi connectivity index (χ4v) is 4.02. The van der Waals surface area contributed by atoms with Gasteiger partial charge in [-0.05, 0) is 24.3 Å². The Kier molecular flexibility index (Phi) is 5.40. The minimum Gasteiger partial charge on any atom is -0.485 e. The number of para-hydroxylation sites is 2. The van der Waals surface area contributed by atoms with E-state index in [1.54, 1.807) is 6.08 Å². The van der Waals surface area contributed by atoms with Crippen molar-refractivity contribution in [2.75, 3.05) is 6.61 Å². The highest BCUT2D eigenvalue weighted by molar-refractivity contribution is 7.98. The fourth-order valence-electron chi connectivity index (χ4n) is 3.23. The topological polar surface area (TPSA) is 88.1 Å². The van der Waals surface area contributed by atoms with Crippen molar-refractivity contribution in [1.82, 2.24) is 25.0 Å². The number of fused-ring (bicyclic) bond motifs is 1. The van der Waals surface area contributed by atoms with Gasteiger partial charge < -0.3 is 13.9 Å². The molecule has 0 spiro atoms. The Morgan fingerprint density at radius 3 is 2.65 bits per heavy atom. The zero-order chi connectivity index (χ0) is 21.0. The lowest BCUT2D eigenvalue weighted by molar-refractivity contribution is 0.0821. The number of hydrogen-bond acceptors (Lipinski definition) is 8. The molecule has 1 aliphatic heterocycles. The first kappa shape index (κ1) is 19.4. The molecule has 156 valence electrons. The minimum atomic E-state index is -0.357. The fraction of sp³-hybridized carbons (Fsp3) is 0.182. The molecule has 0 amide bonds. The summed E-state index contributed by atoms with van der Waals surface area (Å²) in [4.78, 5) is 0. The Morgan fingerprint density at radius 1 is 1.00 bits per heavy atom. The van der Waals surface area contributed by atoms with Crippen LogP contribution in [0.15, 0.2) is 76.8 Å². The van der Waals surface area contributed by atoms with Crippen LogP contribution in [0.3, 0.4) is 0 Å². The van der Waals surface area contributed by atoms with Gasteiger partial charge in [0.15, 0.2) is 28.6 Å². The van der Waals surface area contributed by atoms with Gasteiger partial charge in [0, 0.05) is 12.1 Å². The molecule has 2 aromatic heterocycles. The van der Waals surface area contributed by atoms with E-state index in [1.807, 2.05) is 59.2 Å². The van der Waals surface area contributed by atoms with Gasteiger partial charge in [0.2, 0.25) is 11.8 Å². The zero-order valence-electron chi connectivity index (χ0n) is 16.5. The molecule has 1 atom stereocenters. The molecule has 3 heterocycles. The average molecular weight is 433 g/mol. The van der Waals surface area contributed by atoms with Crippen LogP contribution in [-0.4, -0.2) is 31.6 Å². The first-order chi connectivity index (χ1) is 15.3. The molecule has 2 aromatic carbocycles. The third-order valence-electron chi connectivity index (χ3n) is 4.67. The molecular formula is C22H19N5O3S. The summed E-state index contributed by atoms with van der Waals surface area (Å²) in [7, 11) is 0. The molecule has 0 saturated carbocycles. The van der Waals surface area contributed by atoms with Crippen molar-refractivity contribution >= 4 is 11.8 Å². The molecule has 8 nitrogen and oxygen atoms in total. The number of nitrogens with zero attached hydrogens (tertiary/aromatic N) is 5. The Bertz CT molecular complexity index is 1190. The van der Waals surface area contributed by atoms with E-state index >= 15 is 0 Å². The quantitative estimate of drug-likeness (QED) is 0.315. The molecule has 0 fully saturated rings. The number of thioether (sulfide) groups is 1. The van der Waals surface area contributed by atoms with Crippen LogP contribution in [0.1, 0.15) is 17.8 Å². The highest BCUT2D eigenvalue weighted by Crippen LogP contribution is 2.36. The second-order valence-electron chi connectivity index (χ2n) is 6.76. The summed E-state index contributed by atoms with van der Waals surface area (Å²) in [5, 5.41) is 17.7. The Labute approximate surface area is 182 Å². The van der Waals surface area contributed by atoms with Crippen molar-refractivity contribution in [2.45, 2.75) is 23.6 Å². The van der Waals surface area contributed by atoms with Gasteiger partial charge in [0.05, 0.1) is 5.75 Å². The van der Waals surface area contributed by atoms with Crippen molar-refractivity contribution < 1.29 is 13.9 Å². The van der Waals surface area contributed by atoms with Crippen molar-refractivity contribution in [3.63, 3.8) is 0 Å². The third kappa shape index (κ3) is 4.04. The number of hydrogen-bond donors (Lipinski definition) is 0. The molecule has 0 aliphatic carbocycles. The van der Waals surface area contributed by atoms with E-state index in [9.17, 15) is 0 Å². The van der Waals surface area contributed by atoms with Gasteiger partial charge in [0.1, 0.15) is 6.61 Å². The number of aromatic nitrogens is 5. The Hall–Kier alpha value is -3.59. The van der Waals surface area contributed by atoms with Crippen LogP contribution in [0, 0.1) is 0 Å². The molecule has 0 N–H and O–H groups in total. The molecule has 5 rings (SSSR count). The number of rotatable bonds is 7. The van der Waals surface area contributed by atoms with E-state index < -0.39 is 0 Å². The summed E-state index contributed by atoms with van der Waals surface area (Å²) in [6.45, 7) is 4.76. The minimum absolute atomic E-state index is 0.357. The van der Waals surface area contributed by atoms with Gasteiger partial charge in [-0.2, -0.15) is 0 Å². The lowest BCUT2D eigenvalue weighted by atomic mass is 10.2. The van der Waals surface area contributed by atoms with E-state index in [0.29, 0.717) is 42.3 Å². The van der Waals surface area contributed by atoms with Gasteiger partial charge in [-0.25, -0.2) is 0 Å². The van der Waals surface area contributed by atoms with E-state index in [-0.39, 0.29) is 6.10 Å². The summed E-state index contributed by atoms with van der Waals surface area (Å²) < 4.78 is 19.7. The summed E-state index contributed by atoms with van der Waals surface area (Å²) in [6.07, 6.45) is 1.44. The molecule has 9 heteroatoms. The van der Waals surface area contributed by atoms with Crippen LogP contribution < -0.4 is 9.47 Å². The van der Waals surface area contributed by atoms with E-state index in [4.69, 9.17) is 13.9 Å². The molecule has 0 saturated heterocycles. The molecule has 1 aliphatic rings. The maximum atomic E-state index is 6.10. The van der Waals surface area contributed by atoms with Gasteiger partial charge in [-0.15, -0.1) is 27.0 Å². The maximum absolute atomic E-state index is 6.10. The standard InChI is InChI=1S/C22H19N5O3S/c1-2-12-27-20(18-13-28-16-10-6-7-11-17(16)29-18)24-26-22(27)31-14-19-23-25-21(30-19)15-8-4-3-5-9-15/h2-11,18H,1,12-14H2. The van der Waals surface area contributed by atoms with Crippen molar-refractivity contribution in [3.05, 3.63) is 79.0 Å². The number of allylic oxidation sites excluding steroid dienone is 1. The van der Waals surface area contributed by atoms with E-state index in [0.717, 1.165) is 16.5 Å². The highest BCUT2D eigenvalue weighted by Gasteiger charge is 2.28. The molecule has 0 radical (unpaired) electrons. The van der Waals surface area contributed by atoms with Crippen LogP contribution in [0.4, 0.5) is 0 Å². The SMILES string of the molecule is C=CCn1c(SCc2nnc(-c3ccccc3)o2)nnc1C1COc2ccccc2O1. The lowest BCUT2D eigenvalue weighted by Gasteiger charge is -2.26. The average Bonchev–Trinajstić information content (AvgIpc) is 3.45. The first-order valence-electron chi connectivity index (χ1n) is 9.75. The van der Waals surface area contributed by atoms with Crippen molar-refractivity contribution in [1.29, 1.82) is 0 Å². The molecule has 0 bridgehead atoms. The Morgan fingerprint density at radius 2 is 1.81 bits per heavy atom. The summed E-state index contributed by atoms with van der Waals surface area (Å²) >= 11 is 1.47. The predicted molar refractivity (Wildman–Crippen MR) is 115 cm³/mol. The predicted octanol–water partition coefficient (Wildman–Crippen LogP) is 4.32. The van der Waals surface area contributed by atoms with Crippen LogP contribution in [0.2, 0.25) is 0 Å². The number of ether oxygens (including phenoxy) is 2. The van der Waals surface area contributed by atoms with E-state index in [2.05, 4.69) is 27.0 Å². The smallest absolute Gasteiger partial charge is 0.247 e. The van der Waals surface area contributed by atoms with Gasteiger partial charge in [0.25, 0.3) is 0 Å². The molecule has 4 aromatic rings. The van der Waals surface area contributed by atoms with Crippen LogP contribution in [-0.2, 0) is 12.3 Å². The zero-order valence-corrected chi connectivity index (χ0v) is 17.4. The monoisotopic (exact) mass is 433 g/mol. The molecule has 31 heavy (non-hydrogen) atoms.